The number of nitrogens with one attached hydrogen (secondary N) is 1. The molecule has 0 unspecified atom stereocenters. The number of carbonyl (C=O) groups excluding carboxylic acids is 3. The highest BCUT2D eigenvalue weighted by atomic mass is 35.5. The van der Waals surface area contributed by atoms with E-state index in [0.717, 1.165) is 25.7 Å². The Hall–Kier alpha value is -2.48. The molecule has 0 bridgehead atoms. The van der Waals surface area contributed by atoms with Gasteiger partial charge in [0.1, 0.15) is 0 Å². The summed E-state index contributed by atoms with van der Waals surface area (Å²) in [5, 5.41) is 13.5. The maximum Gasteiger partial charge on any atom is 0.271 e. The van der Waals surface area contributed by atoms with Gasteiger partial charge in [-0.05, 0) is 18.9 Å². The topological polar surface area (TPSA) is 110 Å². The Morgan fingerprint density at radius 2 is 1.85 bits per heavy atom. The van der Waals surface area contributed by atoms with E-state index in [1.54, 1.807) is 0 Å². The number of halogens is 1. The van der Waals surface area contributed by atoms with Crippen LogP contribution in [0.3, 0.4) is 0 Å². The molecule has 2 fully saturated rings. The van der Waals surface area contributed by atoms with Crippen molar-refractivity contribution in [1.29, 1.82) is 0 Å². The molecule has 3 rings (SSSR count). The molecule has 2 aliphatic rings. The van der Waals surface area contributed by atoms with E-state index >= 15 is 0 Å². The quantitative estimate of drug-likeness (QED) is 0.480. The van der Waals surface area contributed by atoms with Gasteiger partial charge in [0.2, 0.25) is 17.7 Å². The SMILES string of the molecule is O=C(CCN1C(=O)[C@@H]2CCCC[C@H]2C1=O)Nc1cc([N+](=O)[O-])ccc1Cl. The van der Waals surface area contributed by atoms with Crippen molar-refractivity contribution in [3.63, 3.8) is 0 Å². The van der Waals surface area contributed by atoms with Gasteiger partial charge in [0.15, 0.2) is 0 Å². The summed E-state index contributed by atoms with van der Waals surface area (Å²) in [5.41, 5.74) is -0.0720. The van der Waals surface area contributed by atoms with Gasteiger partial charge in [0, 0.05) is 25.1 Å². The molecule has 0 spiro atoms. The molecule has 1 aliphatic carbocycles. The van der Waals surface area contributed by atoms with Gasteiger partial charge in [0.05, 0.1) is 27.5 Å². The fourth-order valence-electron chi connectivity index (χ4n) is 3.60. The van der Waals surface area contributed by atoms with E-state index in [1.165, 1.54) is 23.1 Å². The highest BCUT2D eigenvalue weighted by Gasteiger charge is 2.47. The summed E-state index contributed by atoms with van der Waals surface area (Å²) in [5.74, 6) is -1.35. The molecule has 1 aromatic carbocycles. The van der Waals surface area contributed by atoms with Gasteiger partial charge in [-0.25, -0.2) is 0 Å². The zero-order valence-electron chi connectivity index (χ0n) is 13.9. The van der Waals surface area contributed by atoms with E-state index in [0.29, 0.717) is 0 Å². The molecule has 1 saturated carbocycles. The molecule has 9 heteroatoms. The minimum Gasteiger partial charge on any atom is -0.325 e. The molecule has 26 heavy (non-hydrogen) atoms. The minimum absolute atomic E-state index is 0.00302. The van der Waals surface area contributed by atoms with Crippen molar-refractivity contribution in [2.75, 3.05) is 11.9 Å². The van der Waals surface area contributed by atoms with E-state index in [9.17, 15) is 24.5 Å². The summed E-state index contributed by atoms with van der Waals surface area (Å²) in [6.45, 7) is 0.00302. The highest BCUT2D eigenvalue weighted by Crippen LogP contribution is 2.38. The summed E-state index contributed by atoms with van der Waals surface area (Å²) in [6, 6.07) is 3.73. The molecule has 8 nitrogen and oxygen atoms in total. The van der Waals surface area contributed by atoms with E-state index in [1.807, 2.05) is 0 Å². The fraction of sp³-hybridized carbons (Fsp3) is 0.471. The maximum atomic E-state index is 12.4. The van der Waals surface area contributed by atoms with Gasteiger partial charge in [-0.15, -0.1) is 0 Å². The molecule has 1 heterocycles. The summed E-state index contributed by atoms with van der Waals surface area (Å²) in [4.78, 5) is 48.3. The van der Waals surface area contributed by atoms with E-state index < -0.39 is 10.8 Å². The number of non-ortho nitro benzene ring substituents is 1. The first-order valence-electron chi connectivity index (χ1n) is 8.47. The number of amides is 3. The van der Waals surface area contributed by atoms with Crippen LogP contribution in [0.25, 0.3) is 0 Å². The van der Waals surface area contributed by atoms with Crippen LogP contribution < -0.4 is 5.32 Å². The Bertz CT molecular complexity index is 758. The largest absolute Gasteiger partial charge is 0.325 e. The van der Waals surface area contributed by atoms with Gasteiger partial charge >= 0.3 is 0 Å². The molecule has 0 radical (unpaired) electrons. The van der Waals surface area contributed by atoms with E-state index in [-0.39, 0.29) is 53.0 Å². The van der Waals surface area contributed by atoms with Crippen LogP contribution in [0.2, 0.25) is 5.02 Å². The van der Waals surface area contributed by atoms with Gasteiger partial charge in [-0.2, -0.15) is 0 Å². The van der Waals surface area contributed by atoms with Crippen LogP contribution in [-0.2, 0) is 14.4 Å². The molecule has 138 valence electrons. The Morgan fingerprint density at radius 1 is 1.23 bits per heavy atom. The second-order valence-corrected chi connectivity index (χ2v) is 6.95. The Balaban J connectivity index is 1.61. The summed E-state index contributed by atoms with van der Waals surface area (Å²) >= 11 is 5.95. The van der Waals surface area contributed by atoms with Gasteiger partial charge in [-0.3, -0.25) is 29.4 Å². The number of imide groups is 1. The first-order chi connectivity index (χ1) is 12.4. The van der Waals surface area contributed by atoms with Gasteiger partial charge < -0.3 is 5.32 Å². The molecular weight excluding hydrogens is 362 g/mol. The third-order valence-electron chi connectivity index (χ3n) is 4.93. The molecular formula is C17H18ClN3O5. The number of hydrogen-bond acceptors (Lipinski definition) is 5. The van der Waals surface area contributed by atoms with Crippen molar-refractivity contribution in [2.45, 2.75) is 32.1 Å². The van der Waals surface area contributed by atoms with Crippen LogP contribution >= 0.6 is 11.6 Å². The van der Waals surface area contributed by atoms with Crippen LogP contribution in [0.1, 0.15) is 32.1 Å². The Labute approximate surface area is 154 Å². The molecule has 1 N–H and O–H groups in total. The van der Waals surface area contributed by atoms with Crippen LogP contribution in [0.15, 0.2) is 18.2 Å². The zero-order chi connectivity index (χ0) is 18.8. The number of likely N-dealkylation sites (tertiary alicyclic amines) is 1. The fourth-order valence-corrected chi connectivity index (χ4v) is 3.76. The number of nitro benzene ring substituents is 1. The summed E-state index contributed by atoms with van der Waals surface area (Å²) < 4.78 is 0. The second kappa shape index (κ2) is 7.41. The molecule has 2 atom stereocenters. The number of hydrogen-bond donors (Lipinski definition) is 1. The average molecular weight is 380 g/mol. The third-order valence-corrected chi connectivity index (χ3v) is 5.26. The smallest absolute Gasteiger partial charge is 0.271 e. The standard InChI is InChI=1S/C17H18ClN3O5/c18-13-6-5-10(21(25)26)9-14(13)19-15(22)7-8-20-16(23)11-3-1-2-4-12(11)17(20)24/h5-6,9,11-12H,1-4,7-8H2,(H,19,22)/t11-,12-/m1/s1. The monoisotopic (exact) mass is 379 g/mol. The number of nitro groups is 1. The van der Waals surface area contributed by atoms with Crippen LogP contribution in [-0.4, -0.2) is 34.1 Å². The lowest BCUT2D eigenvalue weighted by Gasteiger charge is -2.19. The average Bonchev–Trinajstić information content (AvgIpc) is 2.86. The van der Waals surface area contributed by atoms with Crippen LogP contribution in [0.4, 0.5) is 11.4 Å². The van der Waals surface area contributed by atoms with Crippen LogP contribution in [0.5, 0.6) is 0 Å². The molecule has 3 amide bonds. The normalized spacial score (nSPS) is 22.3. The van der Waals surface area contributed by atoms with E-state index in [4.69, 9.17) is 11.6 Å². The lowest BCUT2D eigenvalue weighted by atomic mass is 9.81. The van der Waals surface area contributed by atoms with Crippen LogP contribution in [0, 0.1) is 22.0 Å². The maximum absolute atomic E-state index is 12.4. The predicted octanol–water partition coefficient (Wildman–Crippen LogP) is 2.75. The Kier molecular flexibility index (Phi) is 5.22. The molecule has 1 saturated heterocycles. The number of anilines is 1. The minimum atomic E-state index is -0.588. The van der Waals surface area contributed by atoms with Crippen molar-refractivity contribution in [3.8, 4) is 0 Å². The third kappa shape index (κ3) is 3.55. The summed E-state index contributed by atoms with van der Waals surface area (Å²) in [6.07, 6.45) is 3.25. The van der Waals surface area contributed by atoms with Gasteiger partial charge in [-0.1, -0.05) is 24.4 Å². The second-order valence-electron chi connectivity index (χ2n) is 6.54. The lowest BCUT2D eigenvalue weighted by Crippen LogP contribution is -2.34. The molecule has 1 aromatic rings. The number of benzene rings is 1. The van der Waals surface area contributed by atoms with Crippen molar-refractivity contribution < 1.29 is 19.3 Å². The number of rotatable bonds is 5. The first kappa shape index (κ1) is 18.3. The van der Waals surface area contributed by atoms with Crippen molar-refractivity contribution in [1.82, 2.24) is 4.90 Å². The van der Waals surface area contributed by atoms with Crippen molar-refractivity contribution in [2.24, 2.45) is 11.8 Å². The number of fused-ring (bicyclic) bond motifs is 1. The predicted molar refractivity (Wildman–Crippen MR) is 93.5 cm³/mol. The lowest BCUT2D eigenvalue weighted by molar-refractivity contribution is -0.384. The molecule has 0 aromatic heterocycles. The summed E-state index contributed by atoms with van der Waals surface area (Å²) in [7, 11) is 0. The zero-order valence-corrected chi connectivity index (χ0v) is 14.7. The van der Waals surface area contributed by atoms with Crippen molar-refractivity contribution >= 4 is 40.7 Å². The Morgan fingerprint density at radius 3 is 2.42 bits per heavy atom. The molecule has 1 aliphatic heterocycles. The van der Waals surface area contributed by atoms with Crippen molar-refractivity contribution in [3.05, 3.63) is 33.3 Å². The number of carbonyl (C=O) groups is 3. The highest BCUT2D eigenvalue weighted by molar-refractivity contribution is 6.33. The van der Waals surface area contributed by atoms with E-state index in [2.05, 4.69) is 5.32 Å². The van der Waals surface area contributed by atoms with Gasteiger partial charge in [0.25, 0.3) is 5.69 Å². The first-order valence-corrected chi connectivity index (χ1v) is 8.85. The number of nitrogens with zero attached hydrogens (tertiary/aromatic N) is 2.